The molecular formula is C16H19NO. The van der Waals surface area contributed by atoms with E-state index in [1.165, 1.54) is 16.3 Å². The van der Waals surface area contributed by atoms with E-state index in [1.54, 1.807) is 0 Å². The van der Waals surface area contributed by atoms with Gasteiger partial charge in [-0.05, 0) is 22.8 Å². The minimum atomic E-state index is 0.148. The van der Waals surface area contributed by atoms with Gasteiger partial charge in [-0.15, -0.1) is 0 Å². The summed E-state index contributed by atoms with van der Waals surface area (Å²) in [5.74, 6) is 0.148. The summed E-state index contributed by atoms with van der Waals surface area (Å²) < 4.78 is 0. The Morgan fingerprint density at radius 2 is 1.89 bits per heavy atom. The summed E-state index contributed by atoms with van der Waals surface area (Å²) in [6.45, 7) is 0.678. The standard InChI is InChI=1S/C16H19NO/c17-9-3-4-14(12-18)10-13-7-8-15-5-1-2-6-16(15)11-13/h1-8,11,14,18H,9-10,12,17H2/b4-3+. The molecule has 0 aromatic heterocycles. The second kappa shape index (κ2) is 6.34. The summed E-state index contributed by atoms with van der Waals surface area (Å²) >= 11 is 0. The molecule has 0 aliphatic carbocycles. The predicted octanol–water partition coefficient (Wildman–Crippen LogP) is 2.51. The zero-order valence-corrected chi connectivity index (χ0v) is 10.4. The van der Waals surface area contributed by atoms with Crippen LogP contribution >= 0.6 is 0 Å². The molecule has 1 unspecified atom stereocenters. The Labute approximate surface area is 108 Å². The van der Waals surface area contributed by atoms with E-state index in [0.29, 0.717) is 6.54 Å². The largest absolute Gasteiger partial charge is 0.396 e. The van der Waals surface area contributed by atoms with E-state index in [9.17, 15) is 5.11 Å². The first-order valence-corrected chi connectivity index (χ1v) is 6.28. The third-order valence-corrected chi connectivity index (χ3v) is 3.09. The number of hydrogen-bond donors (Lipinski definition) is 2. The topological polar surface area (TPSA) is 46.2 Å². The van der Waals surface area contributed by atoms with E-state index in [0.717, 1.165) is 6.42 Å². The van der Waals surface area contributed by atoms with Gasteiger partial charge in [-0.2, -0.15) is 0 Å². The Hall–Kier alpha value is -1.64. The highest BCUT2D eigenvalue weighted by Gasteiger charge is 2.05. The zero-order valence-electron chi connectivity index (χ0n) is 10.4. The van der Waals surface area contributed by atoms with Gasteiger partial charge in [-0.3, -0.25) is 0 Å². The summed E-state index contributed by atoms with van der Waals surface area (Å²) in [4.78, 5) is 0. The van der Waals surface area contributed by atoms with Crippen LogP contribution in [0.25, 0.3) is 10.8 Å². The molecule has 0 saturated carbocycles. The quantitative estimate of drug-likeness (QED) is 0.790. The molecule has 2 aromatic rings. The van der Waals surface area contributed by atoms with E-state index in [-0.39, 0.29) is 12.5 Å². The maximum Gasteiger partial charge on any atom is 0.0497 e. The van der Waals surface area contributed by atoms with E-state index in [4.69, 9.17) is 5.73 Å². The summed E-state index contributed by atoms with van der Waals surface area (Å²) in [6, 6.07) is 14.8. The number of hydrogen-bond acceptors (Lipinski definition) is 2. The monoisotopic (exact) mass is 241 g/mol. The van der Waals surface area contributed by atoms with Crippen molar-refractivity contribution < 1.29 is 5.11 Å². The lowest BCUT2D eigenvalue weighted by Crippen LogP contribution is -2.07. The summed E-state index contributed by atoms with van der Waals surface area (Å²) in [5.41, 5.74) is 6.68. The van der Waals surface area contributed by atoms with Crippen molar-refractivity contribution >= 4 is 10.8 Å². The van der Waals surface area contributed by atoms with Gasteiger partial charge in [0.25, 0.3) is 0 Å². The molecule has 18 heavy (non-hydrogen) atoms. The van der Waals surface area contributed by atoms with Crippen LogP contribution in [-0.2, 0) is 6.42 Å². The molecule has 0 aliphatic rings. The molecule has 0 heterocycles. The van der Waals surface area contributed by atoms with Gasteiger partial charge in [-0.25, -0.2) is 0 Å². The summed E-state index contributed by atoms with van der Waals surface area (Å²) in [7, 11) is 0. The molecule has 2 heteroatoms. The molecule has 0 aliphatic heterocycles. The van der Waals surface area contributed by atoms with E-state index in [1.807, 2.05) is 24.3 Å². The van der Waals surface area contributed by atoms with E-state index < -0.39 is 0 Å². The van der Waals surface area contributed by atoms with Crippen LogP contribution in [0.15, 0.2) is 54.6 Å². The number of rotatable bonds is 5. The van der Waals surface area contributed by atoms with Crippen LogP contribution in [0.2, 0.25) is 0 Å². The summed E-state index contributed by atoms with van der Waals surface area (Å²) in [5, 5.41) is 11.8. The van der Waals surface area contributed by atoms with Gasteiger partial charge in [0, 0.05) is 19.1 Å². The van der Waals surface area contributed by atoms with Gasteiger partial charge < -0.3 is 10.8 Å². The predicted molar refractivity (Wildman–Crippen MR) is 76.4 cm³/mol. The average Bonchev–Trinajstić information content (AvgIpc) is 2.43. The van der Waals surface area contributed by atoms with Gasteiger partial charge >= 0.3 is 0 Å². The molecule has 0 amide bonds. The Balaban J connectivity index is 2.17. The van der Waals surface area contributed by atoms with Crippen molar-refractivity contribution in [2.75, 3.05) is 13.2 Å². The van der Waals surface area contributed by atoms with Crippen LogP contribution in [0.5, 0.6) is 0 Å². The summed E-state index contributed by atoms with van der Waals surface area (Å²) in [6.07, 6.45) is 4.74. The highest BCUT2D eigenvalue weighted by Crippen LogP contribution is 2.18. The van der Waals surface area contributed by atoms with Crippen LogP contribution in [0.3, 0.4) is 0 Å². The lowest BCUT2D eigenvalue weighted by Gasteiger charge is -2.10. The Kier molecular flexibility index (Phi) is 4.51. The minimum Gasteiger partial charge on any atom is -0.396 e. The maximum atomic E-state index is 9.34. The van der Waals surface area contributed by atoms with Crippen LogP contribution in [0.1, 0.15) is 5.56 Å². The second-order valence-electron chi connectivity index (χ2n) is 4.49. The Bertz CT molecular complexity index is 533. The van der Waals surface area contributed by atoms with Gasteiger partial charge in [0.1, 0.15) is 0 Å². The van der Waals surface area contributed by atoms with Crippen LogP contribution in [0.4, 0.5) is 0 Å². The molecule has 0 spiro atoms. The number of aliphatic hydroxyl groups is 1. The van der Waals surface area contributed by atoms with Gasteiger partial charge in [0.05, 0.1) is 0 Å². The number of aliphatic hydroxyl groups excluding tert-OH is 1. The zero-order chi connectivity index (χ0) is 12.8. The van der Waals surface area contributed by atoms with E-state index in [2.05, 4.69) is 30.3 Å². The molecule has 0 radical (unpaired) electrons. The van der Waals surface area contributed by atoms with Crippen LogP contribution in [-0.4, -0.2) is 18.3 Å². The second-order valence-corrected chi connectivity index (χ2v) is 4.49. The maximum absolute atomic E-state index is 9.34. The fourth-order valence-electron chi connectivity index (χ4n) is 2.13. The van der Waals surface area contributed by atoms with Gasteiger partial charge in [-0.1, -0.05) is 54.6 Å². The molecule has 2 nitrogen and oxygen atoms in total. The molecule has 0 fully saturated rings. The van der Waals surface area contributed by atoms with Gasteiger partial charge in [0.15, 0.2) is 0 Å². The molecule has 0 saturated heterocycles. The molecule has 94 valence electrons. The first kappa shape index (κ1) is 12.8. The number of fused-ring (bicyclic) bond motifs is 1. The number of nitrogens with two attached hydrogens (primary N) is 1. The van der Waals surface area contributed by atoms with Crippen molar-refractivity contribution in [2.45, 2.75) is 6.42 Å². The first-order chi connectivity index (χ1) is 8.83. The smallest absolute Gasteiger partial charge is 0.0497 e. The van der Waals surface area contributed by atoms with Crippen molar-refractivity contribution in [2.24, 2.45) is 11.7 Å². The van der Waals surface area contributed by atoms with Crippen LogP contribution < -0.4 is 5.73 Å². The van der Waals surface area contributed by atoms with Crippen molar-refractivity contribution in [1.82, 2.24) is 0 Å². The molecular weight excluding hydrogens is 222 g/mol. The molecule has 2 rings (SSSR count). The minimum absolute atomic E-state index is 0.148. The molecule has 2 aromatic carbocycles. The fraction of sp³-hybridized carbons (Fsp3) is 0.250. The van der Waals surface area contributed by atoms with E-state index >= 15 is 0 Å². The SMILES string of the molecule is NC/C=C/C(CO)Cc1ccc2ccccc2c1. The van der Waals surface area contributed by atoms with Crippen molar-refractivity contribution in [3.63, 3.8) is 0 Å². The van der Waals surface area contributed by atoms with Crippen LogP contribution in [0, 0.1) is 5.92 Å². The van der Waals surface area contributed by atoms with Gasteiger partial charge in [0.2, 0.25) is 0 Å². The first-order valence-electron chi connectivity index (χ1n) is 6.28. The third kappa shape index (κ3) is 3.19. The Morgan fingerprint density at radius 1 is 1.11 bits per heavy atom. The fourth-order valence-corrected chi connectivity index (χ4v) is 2.13. The lowest BCUT2D eigenvalue weighted by molar-refractivity contribution is 0.252. The lowest BCUT2D eigenvalue weighted by atomic mass is 9.97. The highest BCUT2D eigenvalue weighted by molar-refractivity contribution is 5.82. The highest BCUT2D eigenvalue weighted by atomic mass is 16.3. The normalized spacial score (nSPS) is 13.2. The third-order valence-electron chi connectivity index (χ3n) is 3.09. The van der Waals surface area contributed by atoms with Crippen molar-refractivity contribution in [3.05, 3.63) is 60.2 Å². The number of benzene rings is 2. The van der Waals surface area contributed by atoms with Crippen molar-refractivity contribution in [3.8, 4) is 0 Å². The molecule has 3 N–H and O–H groups in total. The Morgan fingerprint density at radius 3 is 2.61 bits per heavy atom. The van der Waals surface area contributed by atoms with Crippen molar-refractivity contribution in [1.29, 1.82) is 0 Å². The average molecular weight is 241 g/mol. The molecule has 1 atom stereocenters. The molecule has 0 bridgehead atoms.